The number of aryl methyl sites for hydroxylation is 1. The van der Waals surface area contributed by atoms with Gasteiger partial charge in [0.1, 0.15) is 5.58 Å². The van der Waals surface area contributed by atoms with Crippen molar-refractivity contribution in [1.29, 1.82) is 0 Å². The Morgan fingerprint density at radius 1 is 0.853 bits per heavy atom. The Bertz CT molecular complexity index is 1060. The van der Waals surface area contributed by atoms with Gasteiger partial charge in [-0.25, -0.2) is 4.79 Å². The van der Waals surface area contributed by atoms with Gasteiger partial charge >= 0.3 is 5.63 Å². The van der Waals surface area contributed by atoms with E-state index in [9.17, 15) is 9.59 Å². The van der Waals surface area contributed by atoms with Crippen molar-refractivity contribution >= 4 is 22.6 Å². The summed E-state index contributed by atoms with van der Waals surface area (Å²) in [6.45, 7) is 4.10. The second-order valence-corrected chi connectivity index (χ2v) is 8.49. The van der Waals surface area contributed by atoms with Crippen LogP contribution in [0.4, 0.5) is 5.69 Å². The molecule has 0 atom stereocenters. The first-order valence-corrected chi connectivity index (χ1v) is 12.5. The Hall–Kier alpha value is -3.14. The van der Waals surface area contributed by atoms with Gasteiger partial charge < -0.3 is 9.73 Å². The molecule has 0 spiro atoms. The zero-order valence-electron chi connectivity index (χ0n) is 20.7. The van der Waals surface area contributed by atoms with Crippen molar-refractivity contribution in [2.45, 2.75) is 78.1 Å². The number of fused-ring (bicyclic) bond motifs is 1. The van der Waals surface area contributed by atoms with Gasteiger partial charge in [-0.1, -0.05) is 68.4 Å². The van der Waals surface area contributed by atoms with Crippen LogP contribution in [0.15, 0.2) is 82.1 Å². The van der Waals surface area contributed by atoms with Crippen LogP contribution in [0, 0.1) is 6.92 Å². The summed E-state index contributed by atoms with van der Waals surface area (Å²) in [5.41, 5.74) is 1.61. The molecule has 0 saturated carbocycles. The molecule has 1 heterocycles. The van der Waals surface area contributed by atoms with E-state index in [1.807, 2.05) is 19.1 Å². The molecule has 0 radical (unpaired) electrons. The van der Waals surface area contributed by atoms with E-state index in [1.54, 1.807) is 6.07 Å². The number of hydrogen-bond acceptors (Lipinski definition) is 3. The highest BCUT2D eigenvalue weighted by Crippen LogP contribution is 2.21. The minimum Gasteiger partial charge on any atom is -0.423 e. The molecule has 0 aliphatic carbocycles. The number of carbonyl (C=O) groups excluding carboxylic acids is 1. The molecule has 4 heteroatoms. The zero-order chi connectivity index (χ0) is 24.4. The highest BCUT2D eigenvalue weighted by molar-refractivity contribution is 5.93. The highest BCUT2D eigenvalue weighted by atomic mass is 16.4. The number of nitrogens with one attached hydrogen (secondary N) is 1. The average molecular weight is 462 g/mol. The molecule has 0 bridgehead atoms. The lowest BCUT2D eigenvalue weighted by Gasteiger charge is -2.06. The van der Waals surface area contributed by atoms with Crippen LogP contribution >= 0.6 is 0 Å². The minimum absolute atomic E-state index is 0.0368. The Labute approximate surface area is 204 Å². The van der Waals surface area contributed by atoms with Gasteiger partial charge in [-0.05, 0) is 69.6 Å². The monoisotopic (exact) mass is 461 g/mol. The van der Waals surface area contributed by atoms with Crippen LogP contribution in [0.5, 0.6) is 0 Å². The molecule has 4 nitrogen and oxygen atoms in total. The van der Waals surface area contributed by atoms with Crippen LogP contribution in [-0.4, -0.2) is 5.91 Å². The number of unbranched alkanes of at least 4 members (excludes halogenated alkanes) is 4. The van der Waals surface area contributed by atoms with E-state index in [1.165, 1.54) is 31.7 Å². The normalized spacial score (nSPS) is 12.2. The number of hydrogen-bond donors (Lipinski definition) is 1. The van der Waals surface area contributed by atoms with Gasteiger partial charge in [-0.15, -0.1) is 0 Å². The van der Waals surface area contributed by atoms with E-state index in [0.29, 0.717) is 17.7 Å². The highest BCUT2D eigenvalue weighted by Gasteiger charge is 2.06. The van der Waals surface area contributed by atoms with Crippen LogP contribution in [-0.2, 0) is 4.79 Å². The maximum absolute atomic E-state index is 12.2. The Kier molecular flexibility index (Phi) is 13.1. The van der Waals surface area contributed by atoms with Gasteiger partial charge in [0, 0.05) is 29.6 Å². The fraction of sp³-hybridized carbons (Fsp3) is 0.400. The third kappa shape index (κ3) is 11.1. The van der Waals surface area contributed by atoms with Gasteiger partial charge in [0.15, 0.2) is 0 Å². The number of carbonyl (C=O) groups is 1. The summed E-state index contributed by atoms with van der Waals surface area (Å²) in [6.07, 6.45) is 27.7. The van der Waals surface area contributed by atoms with E-state index in [-0.39, 0.29) is 11.5 Å². The lowest BCUT2D eigenvalue weighted by atomic mass is 10.1. The largest absolute Gasteiger partial charge is 0.423 e. The molecular weight excluding hydrogens is 422 g/mol. The Morgan fingerprint density at radius 3 is 2.12 bits per heavy atom. The first-order chi connectivity index (χ1) is 16.6. The first kappa shape index (κ1) is 27.1. The van der Waals surface area contributed by atoms with Gasteiger partial charge in [-0.3, -0.25) is 4.79 Å². The van der Waals surface area contributed by atoms with Gasteiger partial charge in [-0.2, -0.15) is 0 Å². The second-order valence-electron chi connectivity index (χ2n) is 8.49. The van der Waals surface area contributed by atoms with E-state index in [2.05, 4.69) is 60.8 Å². The summed E-state index contributed by atoms with van der Waals surface area (Å²) < 4.78 is 5.23. The van der Waals surface area contributed by atoms with Crippen LogP contribution in [0.25, 0.3) is 11.0 Å². The van der Waals surface area contributed by atoms with Gasteiger partial charge in [0.25, 0.3) is 0 Å². The third-order valence-electron chi connectivity index (χ3n) is 5.47. The lowest BCUT2D eigenvalue weighted by molar-refractivity contribution is -0.116. The average Bonchev–Trinajstić information content (AvgIpc) is 2.80. The fourth-order valence-corrected chi connectivity index (χ4v) is 3.57. The summed E-state index contributed by atoms with van der Waals surface area (Å²) in [5, 5.41) is 3.75. The molecular formula is C30H39NO3. The second kappa shape index (κ2) is 16.5. The summed E-state index contributed by atoms with van der Waals surface area (Å²) in [4.78, 5) is 23.7. The van der Waals surface area contributed by atoms with Crippen molar-refractivity contribution in [3.63, 3.8) is 0 Å². The van der Waals surface area contributed by atoms with Crippen molar-refractivity contribution in [3.05, 3.63) is 88.9 Å². The predicted molar refractivity (Wildman–Crippen MR) is 144 cm³/mol. The number of allylic oxidation sites excluding steroid dienone is 8. The van der Waals surface area contributed by atoms with Crippen molar-refractivity contribution < 1.29 is 9.21 Å². The molecule has 0 fully saturated rings. The predicted octanol–water partition coefficient (Wildman–Crippen LogP) is 8.19. The zero-order valence-corrected chi connectivity index (χ0v) is 20.7. The molecule has 182 valence electrons. The maximum Gasteiger partial charge on any atom is 0.336 e. The molecule has 0 unspecified atom stereocenters. The van der Waals surface area contributed by atoms with Crippen molar-refractivity contribution in [2.24, 2.45) is 0 Å². The van der Waals surface area contributed by atoms with Crippen molar-refractivity contribution in [1.82, 2.24) is 0 Å². The smallest absolute Gasteiger partial charge is 0.336 e. The Balaban J connectivity index is 1.55. The van der Waals surface area contributed by atoms with Gasteiger partial charge in [0.05, 0.1) is 0 Å². The number of amides is 1. The van der Waals surface area contributed by atoms with E-state index >= 15 is 0 Å². The number of benzene rings is 1. The SMILES string of the molecule is CCCCCC=CCC=CCC=CCC=CCCCC(=O)Nc1ccc2c(C)cc(=O)oc2c1. The quantitative estimate of drug-likeness (QED) is 0.165. The van der Waals surface area contributed by atoms with Crippen LogP contribution in [0.3, 0.4) is 0 Å². The molecule has 2 rings (SSSR count). The van der Waals surface area contributed by atoms with E-state index in [4.69, 9.17) is 4.42 Å². The molecule has 0 aliphatic rings. The summed E-state index contributed by atoms with van der Waals surface area (Å²) in [7, 11) is 0. The van der Waals surface area contributed by atoms with Crippen LogP contribution in [0.2, 0.25) is 0 Å². The van der Waals surface area contributed by atoms with E-state index in [0.717, 1.165) is 43.1 Å². The molecule has 2 aromatic rings. The topological polar surface area (TPSA) is 59.3 Å². The summed E-state index contributed by atoms with van der Waals surface area (Å²) in [5.74, 6) is -0.0368. The molecule has 1 N–H and O–H groups in total. The molecule has 0 saturated heterocycles. The molecule has 1 aromatic carbocycles. The van der Waals surface area contributed by atoms with E-state index < -0.39 is 0 Å². The number of anilines is 1. The van der Waals surface area contributed by atoms with Crippen molar-refractivity contribution in [2.75, 3.05) is 5.32 Å². The summed E-state index contributed by atoms with van der Waals surface area (Å²) >= 11 is 0. The van der Waals surface area contributed by atoms with Crippen LogP contribution in [0.1, 0.15) is 76.7 Å². The maximum atomic E-state index is 12.2. The minimum atomic E-state index is -0.382. The Morgan fingerprint density at radius 2 is 1.47 bits per heavy atom. The lowest BCUT2D eigenvalue weighted by Crippen LogP contribution is -2.11. The van der Waals surface area contributed by atoms with Crippen molar-refractivity contribution in [3.8, 4) is 0 Å². The van der Waals surface area contributed by atoms with Gasteiger partial charge in [0.2, 0.25) is 5.91 Å². The molecule has 1 amide bonds. The first-order valence-electron chi connectivity index (χ1n) is 12.5. The molecule has 1 aromatic heterocycles. The van der Waals surface area contributed by atoms with Crippen LogP contribution < -0.4 is 10.9 Å². The number of rotatable bonds is 15. The fourth-order valence-electron chi connectivity index (χ4n) is 3.57. The molecule has 0 aliphatic heterocycles. The standard InChI is InChI=1S/C30H39NO3/c1-3-4-5-6-7-8-9-10-11-12-13-14-15-16-17-18-19-20-29(32)31-26-21-22-27-25(2)23-30(33)34-28(27)24-26/h7-8,10-11,13-14,16-17,21-24H,3-6,9,12,15,18-20H2,1-2H3,(H,31,32). The third-order valence-corrected chi connectivity index (χ3v) is 5.47. The summed E-state index contributed by atoms with van der Waals surface area (Å²) in [6, 6.07) is 6.87. The molecule has 34 heavy (non-hydrogen) atoms.